The summed E-state index contributed by atoms with van der Waals surface area (Å²) in [4.78, 5) is 27.0. The van der Waals surface area contributed by atoms with Crippen LogP contribution in [0.2, 0.25) is 0 Å². The fourth-order valence-corrected chi connectivity index (χ4v) is 4.52. The quantitative estimate of drug-likeness (QED) is 0.544. The van der Waals surface area contributed by atoms with Crippen LogP contribution >= 0.6 is 0 Å². The number of carbonyl (C=O) groups is 1. The SMILES string of the molecule is CON=C1CC(c2noc(N3CCCCC3)n2)N(C(=O)c2ccc(-c3ccccc3)cc2)C1. The molecule has 1 amide bonds. The molecule has 8 nitrogen and oxygen atoms in total. The van der Waals surface area contributed by atoms with E-state index < -0.39 is 0 Å². The third kappa shape index (κ3) is 4.46. The molecule has 5 rings (SSSR count). The molecule has 8 heteroatoms. The molecule has 2 aliphatic rings. The van der Waals surface area contributed by atoms with Crippen LogP contribution in [0.3, 0.4) is 0 Å². The van der Waals surface area contributed by atoms with Crippen molar-refractivity contribution in [2.45, 2.75) is 31.7 Å². The number of hydrogen-bond donors (Lipinski definition) is 0. The molecule has 33 heavy (non-hydrogen) atoms. The molecule has 0 spiro atoms. The Kier molecular flexibility index (Phi) is 6.06. The predicted octanol–water partition coefficient (Wildman–Crippen LogP) is 4.32. The van der Waals surface area contributed by atoms with Gasteiger partial charge < -0.3 is 19.2 Å². The Morgan fingerprint density at radius 2 is 1.76 bits per heavy atom. The molecule has 0 bridgehead atoms. The maximum atomic E-state index is 13.5. The van der Waals surface area contributed by atoms with Crippen molar-refractivity contribution in [3.63, 3.8) is 0 Å². The minimum Gasteiger partial charge on any atom is -0.399 e. The molecule has 2 fully saturated rings. The topological polar surface area (TPSA) is 84.1 Å². The lowest BCUT2D eigenvalue weighted by Crippen LogP contribution is -2.32. The molecule has 0 saturated carbocycles. The van der Waals surface area contributed by atoms with Gasteiger partial charge in [0.25, 0.3) is 5.91 Å². The van der Waals surface area contributed by atoms with E-state index in [0.717, 1.165) is 42.8 Å². The fraction of sp³-hybridized carbons (Fsp3) is 0.360. The first-order chi connectivity index (χ1) is 16.2. The summed E-state index contributed by atoms with van der Waals surface area (Å²) in [6.07, 6.45) is 3.98. The van der Waals surface area contributed by atoms with Crippen molar-refractivity contribution in [3.8, 4) is 11.1 Å². The minimum absolute atomic E-state index is 0.0924. The van der Waals surface area contributed by atoms with E-state index in [9.17, 15) is 4.79 Å². The largest absolute Gasteiger partial charge is 0.399 e. The monoisotopic (exact) mass is 445 g/mol. The Morgan fingerprint density at radius 1 is 1.03 bits per heavy atom. The van der Waals surface area contributed by atoms with Crippen LogP contribution in [-0.4, -0.2) is 53.4 Å². The lowest BCUT2D eigenvalue weighted by Gasteiger charge is -2.24. The van der Waals surface area contributed by atoms with Gasteiger partial charge in [0, 0.05) is 25.1 Å². The Bertz CT molecular complexity index is 1120. The summed E-state index contributed by atoms with van der Waals surface area (Å²) in [7, 11) is 1.51. The number of benzene rings is 2. The van der Waals surface area contributed by atoms with E-state index in [0.29, 0.717) is 30.4 Å². The maximum Gasteiger partial charge on any atom is 0.324 e. The van der Waals surface area contributed by atoms with Crippen LogP contribution in [-0.2, 0) is 4.84 Å². The van der Waals surface area contributed by atoms with Crippen molar-refractivity contribution in [1.82, 2.24) is 15.0 Å². The van der Waals surface area contributed by atoms with Gasteiger partial charge in [-0.15, -0.1) is 0 Å². The van der Waals surface area contributed by atoms with Crippen LogP contribution in [0.5, 0.6) is 0 Å². The number of nitrogens with zero attached hydrogens (tertiary/aromatic N) is 5. The van der Waals surface area contributed by atoms with Crippen molar-refractivity contribution >= 4 is 17.6 Å². The number of oxime groups is 1. The number of hydrogen-bond acceptors (Lipinski definition) is 7. The number of rotatable bonds is 5. The van der Waals surface area contributed by atoms with E-state index in [-0.39, 0.29) is 11.9 Å². The second-order valence-electron chi connectivity index (χ2n) is 8.42. The number of amides is 1. The molecule has 0 N–H and O–H groups in total. The number of carbonyl (C=O) groups excluding carboxylic acids is 1. The average Bonchev–Trinajstić information content (AvgIpc) is 3.53. The van der Waals surface area contributed by atoms with Gasteiger partial charge in [-0.25, -0.2) is 0 Å². The van der Waals surface area contributed by atoms with Gasteiger partial charge in [0.15, 0.2) is 5.82 Å². The summed E-state index contributed by atoms with van der Waals surface area (Å²) in [6, 6.07) is 18.0. The van der Waals surface area contributed by atoms with Gasteiger partial charge in [-0.3, -0.25) is 4.79 Å². The summed E-state index contributed by atoms with van der Waals surface area (Å²) >= 11 is 0. The van der Waals surface area contributed by atoms with Crippen molar-refractivity contribution in [2.24, 2.45) is 5.16 Å². The average molecular weight is 446 g/mol. The van der Waals surface area contributed by atoms with Gasteiger partial charge in [-0.1, -0.05) is 52.8 Å². The van der Waals surface area contributed by atoms with Crippen LogP contribution in [0.25, 0.3) is 11.1 Å². The summed E-state index contributed by atoms with van der Waals surface area (Å²) in [6.45, 7) is 2.20. The molecular weight excluding hydrogens is 418 g/mol. The second kappa shape index (κ2) is 9.44. The number of aromatic nitrogens is 2. The molecule has 3 aromatic rings. The standard InChI is InChI=1S/C25H27N5O3/c1-32-27-21-16-22(23-26-25(33-28-23)29-14-6-3-7-15-29)30(17-21)24(31)20-12-10-19(11-13-20)18-8-4-2-5-9-18/h2,4-5,8-13,22H,3,6-7,14-17H2,1H3. The zero-order valence-electron chi connectivity index (χ0n) is 18.7. The molecule has 1 aromatic heterocycles. The second-order valence-corrected chi connectivity index (χ2v) is 8.42. The van der Waals surface area contributed by atoms with Crippen LogP contribution in [0.4, 0.5) is 6.01 Å². The molecular formula is C25H27N5O3. The van der Waals surface area contributed by atoms with E-state index in [2.05, 4.69) is 32.3 Å². The molecule has 2 aromatic carbocycles. The Balaban J connectivity index is 1.38. The lowest BCUT2D eigenvalue weighted by atomic mass is 10.0. The first-order valence-electron chi connectivity index (χ1n) is 11.4. The molecule has 2 aliphatic heterocycles. The van der Waals surface area contributed by atoms with Crippen molar-refractivity contribution < 1.29 is 14.2 Å². The Morgan fingerprint density at radius 3 is 2.48 bits per heavy atom. The van der Waals surface area contributed by atoms with Crippen molar-refractivity contribution in [3.05, 3.63) is 66.0 Å². The smallest absolute Gasteiger partial charge is 0.324 e. The highest BCUT2D eigenvalue weighted by Crippen LogP contribution is 2.32. The van der Waals surface area contributed by atoms with E-state index in [4.69, 9.17) is 9.36 Å². The van der Waals surface area contributed by atoms with Gasteiger partial charge >= 0.3 is 6.01 Å². The summed E-state index contributed by atoms with van der Waals surface area (Å²) in [5.74, 6) is 0.413. The first-order valence-corrected chi connectivity index (χ1v) is 11.4. The van der Waals surface area contributed by atoms with Crippen LogP contribution < -0.4 is 4.90 Å². The predicted molar refractivity (Wildman–Crippen MR) is 125 cm³/mol. The number of likely N-dealkylation sites (tertiary alicyclic amines) is 1. The zero-order chi connectivity index (χ0) is 22.6. The van der Waals surface area contributed by atoms with Gasteiger partial charge in [0.1, 0.15) is 13.2 Å². The highest BCUT2D eigenvalue weighted by atomic mass is 16.6. The van der Waals surface area contributed by atoms with Crippen LogP contribution in [0, 0.1) is 0 Å². The van der Waals surface area contributed by atoms with E-state index in [1.807, 2.05) is 42.5 Å². The van der Waals surface area contributed by atoms with Crippen LogP contribution in [0.15, 0.2) is 64.3 Å². The molecule has 3 heterocycles. The molecule has 2 saturated heterocycles. The Hall–Kier alpha value is -3.68. The lowest BCUT2D eigenvalue weighted by molar-refractivity contribution is 0.0732. The number of piperidine rings is 1. The summed E-state index contributed by atoms with van der Waals surface area (Å²) < 4.78 is 5.57. The van der Waals surface area contributed by atoms with Crippen LogP contribution in [0.1, 0.15) is 47.9 Å². The highest BCUT2D eigenvalue weighted by Gasteiger charge is 2.38. The maximum absolute atomic E-state index is 13.5. The van der Waals surface area contributed by atoms with Crippen molar-refractivity contribution in [1.29, 1.82) is 0 Å². The minimum atomic E-state index is -0.345. The molecule has 0 radical (unpaired) electrons. The number of anilines is 1. The summed E-state index contributed by atoms with van der Waals surface area (Å²) in [5, 5.41) is 8.33. The highest BCUT2D eigenvalue weighted by molar-refractivity contribution is 6.00. The third-order valence-corrected chi connectivity index (χ3v) is 6.23. The molecule has 1 unspecified atom stereocenters. The zero-order valence-corrected chi connectivity index (χ0v) is 18.7. The van der Waals surface area contributed by atoms with E-state index in [1.165, 1.54) is 13.5 Å². The van der Waals surface area contributed by atoms with Gasteiger partial charge in [-0.05, 0) is 42.5 Å². The Labute approximate surface area is 192 Å². The molecule has 170 valence electrons. The third-order valence-electron chi connectivity index (χ3n) is 6.23. The van der Waals surface area contributed by atoms with E-state index >= 15 is 0 Å². The molecule has 1 atom stereocenters. The van der Waals surface area contributed by atoms with Gasteiger partial charge in [0.05, 0.1) is 12.3 Å². The van der Waals surface area contributed by atoms with Crippen molar-refractivity contribution in [2.75, 3.05) is 31.6 Å². The van der Waals surface area contributed by atoms with E-state index in [1.54, 1.807) is 4.90 Å². The fourth-order valence-electron chi connectivity index (χ4n) is 4.52. The van der Waals surface area contributed by atoms with Gasteiger partial charge in [0.2, 0.25) is 0 Å². The first kappa shape index (κ1) is 21.2. The summed E-state index contributed by atoms with van der Waals surface area (Å²) in [5.41, 5.74) is 3.57. The normalized spacial score (nSPS) is 19.8. The van der Waals surface area contributed by atoms with Gasteiger partial charge in [-0.2, -0.15) is 4.98 Å². The molecule has 0 aliphatic carbocycles.